The summed E-state index contributed by atoms with van der Waals surface area (Å²) in [6.07, 6.45) is 0.833. The number of hydrogen-bond donors (Lipinski definition) is 1. The summed E-state index contributed by atoms with van der Waals surface area (Å²) in [5, 5.41) is 4.89. The molecule has 1 N–H and O–H groups in total. The molecule has 0 aliphatic heterocycles. The fraction of sp³-hybridized carbons (Fsp3) is 0.333. The van der Waals surface area contributed by atoms with Gasteiger partial charge in [0.25, 0.3) is 5.91 Å². The average Bonchev–Trinajstić information content (AvgIpc) is 2.64. The summed E-state index contributed by atoms with van der Waals surface area (Å²) in [6, 6.07) is 8.80. The first kappa shape index (κ1) is 22.1. The van der Waals surface area contributed by atoms with Gasteiger partial charge in [-0.25, -0.2) is 5.43 Å². The van der Waals surface area contributed by atoms with Gasteiger partial charge in [-0.3, -0.25) is 4.79 Å². The summed E-state index contributed by atoms with van der Waals surface area (Å²) in [6.45, 7) is 7.77. The van der Waals surface area contributed by atoms with Crippen molar-refractivity contribution in [1.29, 1.82) is 0 Å². The first-order valence-electron chi connectivity index (χ1n) is 8.86. The smallest absolute Gasteiger partial charge is 0.280 e. The van der Waals surface area contributed by atoms with Crippen LogP contribution in [0.5, 0.6) is 11.5 Å². The van der Waals surface area contributed by atoms with Crippen LogP contribution in [0.1, 0.15) is 43.4 Å². The Kier molecular flexibility index (Phi) is 7.72. The second-order valence-corrected chi connectivity index (χ2v) is 7.52. The van der Waals surface area contributed by atoms with E-state index in [1.54, 1.807) is 38.4 Å². The summed E-state index contributed by atoms with van der Waals surface area (Å²) < 4.78 is 11.0. The molecule has 0 heterocycles. The lowest BCUT2D eigenvalue weighted by Gasteiger charge is -2.15. The summed E-state index contributed by atoms with van der Waals surface area (Å²) in [5.74, 6) is 1.13. The SMILES string of the molecule is COc1cc(C)c(/C=N\NC(=O)[C@H](C)Oc2ccc(Cl)cc2Cl)cc1C(C)C. The summed E-state index contributed by atoms with van der Waals surface area (Å²) in [7, 11) is 1.66. The van der Waals surface area contributed by atoms with Crippen molar-refractivity contribution in [3.05, 3.63) is 57.1 Å². The second kappa shape index (κ2) is 9.80. The van der Waals surface area contributed by atoms with E-state index in [0.717, 1.165) is 22.4 Å². The van der Waals surface area contributed by atoms with E-state index in [2.05, 4.69) is 24.4 Å². The molecule has 0 aromatic heterocycles. The highest BCUT2D eigenvalue weighted by molar-refractivity contribution is 6.35. The van der Waals surface area contributed by atoms with Gasteiger partial charge in [0.1, 0.15) is 11.5 Å². The van der Waals surface area contributed by atoms with E-state index >= 15 is 0 Å². The van der Waals surface area contributed by atoms with E-state index in [-0.39, 0.29) is 0 Å². The minimum absolute atomic E-state index is 0.301. The van der Waals surface area contributed by atoms with Gasteiger partial charge in [0.2, 0.25) is 0 Å². The molecule has 2 aromatic rings. The summed E-state index contributed by atoms with van der Waals surface area (Å²) >= 11 is 11.9. The van der Waals surface area contributed by atoms with Crippen LogP contribution < -0.4 is 14.9 Å². The van der Waals surface area contributed by atoms with Crippen molar-refractivity contribution in [3.8, 4) is 11.5 Å². The number of carbonyl (C=O) groups excluding carboxylic acids is 1. The molecule has 150 valence electrons. The standard InChI is InChI=1S/C21H24Cl2N2O3/c1-12(2)17-9-15(13(3)8-20(17)27-5)11-24-25-21(26)14(4)28-19-7-6-16(22)10-18(19)23/h6-12,14H,1-5H3,(H,25,26)/b24-11-/t14-/m0/s1. The molecule has 0 spiro atoms. The van der Waals surface area contributed by atoms with Gasteiger partial charge in [-0.05, 0) is 66.8 Å². The van der Waals surface area contributed by atoms with Crippen molar-refractivity contribution in [2.75, 3.05) is 7.11 Å². The Hall–Kier alpha value is -2.24. The van der Waals surface area contributed by atoms with Crippen molar-refractivity contribution in [1.82, 2.24) is 5.43 Å². The zero-order valence-corrected chi connectivity index (χ0v) is 18.1. The van der Waals surface area contributed by atoms with Crippen LogP contribution in [0.4, 0.5) is 0 Å². The molecule has 1 atom stereocenters. The fourth-order valence-corrected chi connectivity index (χ4v) is 3.01. The van der Waals surface area contributed by atoms with Crippen LogP contribution in [0.2, 0.25) is 10.0 Å². The lowest BCUT2D eigenvalue weighted by Crippen LogP contribution is -2.33. The molecule has 0 bridgehead atoms. The Balaban J connectivity index is 2.05. The average molecular weight is 423 g/mol. The minimum Gasteiger partial charge on any atom is -0.496 e. The van der Waals surface area contributed by atoms with E-state index in [4.69, 9.17) is 32.7 Å². The lowest BCUT2D eigenvalue weighted by atomic mass is 9.97. The lowest BCUT2D eigenvalue weighted by molar-refractivity contribution is -0.127. The van der Waals surface area contributed by atoms with Gasteiger partial charge in [0, 0.05) is 5.02 Å². The molecule has 2 aromatic carbocycles. The molecule has 0 aliphatic rings. The van der Waals surface area contributed by atoms with Crippen LogP contribution in [0.3, 0.4) is 0 Å². The first-order chi connectivity index (χ1) is 13.2. The van der Waals surface area contributed by atoms with Crippen molar-refractivity contribution >= 4 is 35.3 Å². The van der Waals surface area contributed by atoms with Crippen molar-refractivity contribution in [3.63, 3.8) is 0 Å². The molecule has 7 heteroatoms. The predicted octanol–water partition coefficient (Wildman–Crippen LogP) is 5.35. The molecule has 28 heavy (non-hydrogen) atoms. The molecule has 5 nitrogen and oxygen atoms in total. The van der Waals surface area contributed by atoms with Gasteiger partial charge < -0.3 is 9.47 Å². The molecule has 0 saturated carbocycles. The number of nitrogens with one attached hydrogen (secondary N) is 1. The molecular weight excluding hydrogens is 399 g/mol. The van der Waals surface area contributed by atoms with Gasteiger partial charge in [-0.2, -0.15) is 5.10 Å². The number of carbonyl (C=O) groups is 1. The third-order valence-electron chi connectivity index (χ3n) is 4.19. The zero-order valence-electron chi connectivity index (χ0n) is 16.5. The highest BCUT2D eigenvalue weighted by atomic mass is 35.5. The van der Waals surface area contributed by atoms with E-state index in [1.807, 2.05) is 19.1 Å². The Bertz CT molecular complexity index is 882. The Morgan fingerprint density at radius 3 is 2.46 bits per heavy atom. The van der Waals surface area contributed by atoms with Gasteiger partial charge >= 0.3 is 0 Å². The third-order valence-corrected chi connectivity index (χ3v) is 4.72. The van der Waals surface area contributed by atoms with Crippen LogP contribution >= 0.6 is 23.2 Å². The van der Waals surface area contributed by atoms with Gasteiger partial charge in [-0.15, -0.1) is 0 Å². The molecule has 0 radical (unpaired) electrons. The number of hydrazone groups is 1. The van der Waals surface area contributed by atoms with E-state index in [1.165, 1.54) is 0 Å². The van der Waals surface area contributed by atoms with Crippen LogP contribution in [-0.2, 0) is 4.79 Å². The summed E-state index contributed by atoms with van der Waals surface area (Å²) in [5.41, 5.74) is 5.47. The normalized spacial score (nSPS) is 12.3. The largest absolute Gasteiger partial charge is 0.496 e. The highest BCUT2D eigenvalue weighted by Crippen LogP contribution is 2.29. The van der Waals surface area contributed by atoms with Gasteiger partial charge in [0.05, 0.1) is 18.3 Å². The van der Waals surface area contributed by atoms with E-state index in [0.29, 0.717) is 21.7 Å². The van der Waals surface area contributed by atoms with E-state index < -0.39 is 12.0 Å². The number of amides is 1. The van der Waals surface area contributed by atoms with Gasteiger partial charge in [0.15, 0.2) is 6.10 Å². The molecule has 0 saturated heterocycles. The molecular formula is C21H24Cl2N2O3. The number of hydrogen-bond acceptors (Lipinski definition) is 4. The summed E-state index contributed by atoms with van der Waals surface area (Å²) in [4.78, 5) is 12.2. The molecule has 0 fully saturated rings. The number of benzene rings is 2. The number of ether oxygens (including phenoxy) is 2. The van der Waals surface area contributed by atoms with Crippen molar-refractivity contribution < 1.29 is 14.3 Å². The van der Waals surface area contributed by atoms with Crippen LogP contribution in [0.15, 0.2) is 35.4 Å². The highest BCUT2D eigenvalue weighted by Gasteiger charge is 2.16. The number of aryl methyl sites for hydroxylation is 1. The first-order valence-corrected chi connectivity index (χ1v) is 9.61. The van der Waals surface area contributed by atoms with Crippen molar-refractivity contribution in [2.45, 2.75) is 39.7 Å². The number of halogens is 2. The maximum atomic E-state index is 12.2. The third kappa shape index (κ3) is 5.63. The topological polar surface area (TPSA) is 59.9 Å². The molecule has 2 rings (SSSR count). The maximum Gasteiger partial charge on any atom is 0.280 e. The van der Waals surface area contributed by atoms with Crippen molar-refractivity contribution in [2.24, 2.45) is 5.10 Å². The van der Waals surface area contributed by atoms with Crippen LogP contribution in [0, 0.1) is 6.92 Å². The molecule has 0 aliphatic carbocycles. The minimum atomic E-state index is -0.779. The number of methoxy groups -OCH3 is 1. The molecule has 0 unspecified atom stereocenters. The van der Waals surface area contributed by atoms with Crippen LogP contribution in [0.25, 0.3) is 0 Å². The Morgan fingerprint density at radius 1 is 1.14 bits per heavy atom. The quantitative estimate of drug-likeness (QED) is 0.482. The van der Waals surface area contributed by atoms with Gasteiger partial charge in [-0.1, -0.05) is 37.0 Å². The Morgan fingerprint density at radius 2 is 1.86 bits per heavy atom. The predicted molar refractivity (Wildman–Crippen MR) is 114 cm³/mol. The van der Waals surface area contributed by atoms with Crippen LogP contribution in [-0.4, -0.2) is 25.3 Å². The maximum absolute atomic E-state index is 12.2. The fourth-order valence-electron chi connectivity index (χ4n) is 2.55. The zero-order chi connectivity index (χ0) is 20.8. The second-order valence-electron chi connectivity index (χ2n) is 6.67. The van der Waals surface area contributed by atoms with E-state index in [9.17, 15) is 4.79 Å². The Labute approximate surface area is 175 Å². The number of rotatable bonds is 7. The molecule has 1 amide bonds. The number of nitrogens with zero attached hydrogens (tertiary/aromatic N) is 1. The monoisotopic (exact) mass is 422 g/mol.